The predicted octanol–water partition coefficient (Wildman–Crippen LogP) is 1.73. The molecule has 3 rings (SSSR count). The van der Waals surface area contributed by atoms with Gasteiger partial charge in [0.05, 0.1) is 12.1 Å². The van der Waals surface area contributed by atoms with Gasteiger partial charge in [0.25, 0.3) is 5.91 Å². The number of nitrogens with one attached hydrogen (secondary N) is 1. The minimum atomic E-state index is -0.217. The van der Waals surface area contributed by atoms with Crippen molar-refractivity contribution in [3.8, 4) is 0 Å². The van der Waals surface area contributed by atoms with Crippen molar-refractivity contribution in [3.05, 3.63) is 23.8 Å². The van der Waals surface area contributed by atoms with E-state index in [0.717, 1.165) is 36.8 Å². The summed E-state index contributed by atoms with van der Waals surface area (Å²) in [6, 6.07) is 5.48. The van der Waals surface area contributed by atoms with E-state index >= 15 is 0 Å². The molecule has 1 aromatic heterocycles. The average Bonchev–Trinajstić information content (AvgIpc) is 3.11. The Morgan fingerprint density at radius 3 is 3.09 bits per heavy atom. The highest BCUT2D eigenvalue weighted by molar-refractivity contribution is 5.97. The van der Waals surface area contributed by atoms with Crippen LogP contribution in [0.4, 0.5) is 0 Å². The van der Waals surface area contributed by atoms with Gasteiger partial charge in [-0.05, 0) is 38.0 Å². The van der Waals surface area contributed by atoms with Crippen LogP contribution in [0.3, 0.4) is 0 Å². The molecule has 6 nitrogen and oxygen atoms in total. The summed E-state index contributed by atoms with van der Waals surface area (Å²) >= 11 is 0. The normalized spacial score (nSPS) is 24.8. The number of hydrogen-bond donors (Lipinski definition) is 2. The second kappa shape index (κ2) is 5.68. The van der Waals surface area contributed by atoms with Crippen molar-refractivity contribution >= 4 is 16.9 Å². The van der Waals surface area contributed by atoms with Crippen molar-refractivity contribution in [2.75, 3.05) is 6.61 Å². The number of nitrogens with zero attached hydrogens (tertiary/aromatic N) is 3. The first-order valence-corrected chi connectivity index (χ1v) is 7.82. The molecule has 1 aliphatic rings. The zero-order valence-corrected chi connectivity index (χ0v) is 13.0. The van der Waals surface area contributed by atoms with Gasteiger partial charge in [0.1, 0.15) is 5.52 Å². The van der Waals surface area contributed by atoms with Gasteiger partial charge in [0, 0.05) is 23.6 Å². The number of aromatic nitrogens is 3. The Labute approximate surface area is 129 Å². The highest BCUT2D eigenvalue weighted by Gasteiger charge is 2.39. The van der Waals surface area contributed by atoms with E-state index in [2.05, 4.69) is 15.6 Å². The highest BCUT2D eigenvalue weighted by Crippen LogP contribution is 2.37. The summed E-state index contributed by atoms with van der Waals surface area (Å²) in [5, 5.41) is 20.8. The number of benzene rings is 1. The second-order valence-electron chi connectivity index (χ2n) is 6.34. The van der Waals surface area contributed by atoms with Gasteiger partial charge in [-0.25, -0.2) is 4.68 Å². The van der Waals surface area contributed by atoms with Crippen molar-refractivity contribution in [1.29, 1.82) is 0 Å². The number of fused-ring (bicyclic) bond motifs is 1. The predicted molar refractivity (Wildman–Crippen MR) is 83.5 cm³/mol. The van der Waals surface area contributed by atoms with Crippen LogP contribution < -0.4 is 5.32 Å². The maximum atomic E-state index is 12.5. The van der Waals surface area contributed by atoms with Crippen LogP contribution in [-0.4, -0.2) is 38.7 Å². The maximum absolute atomic E-state index is 12.5. The third-order valence-corrected chi connectivity index (χ3v) is 4.82. The minimum Gasteiger partial charge on any atom is -0.396 e. The number of aliphatic hydroxyl groups is 1. The third-order valence-electron chi connectivity index (χ3n) is 4.82. The van der Waals surface area contributed by atoms with Gasteiger partial charge < -0.3 is 10.4 Å². The first kappa shape index (κ1) is 15.0. The van der Waals surface area contributed by atoms with Crippen molar-refractivity contribution in [2.45, 2.75) is 45.7 Å². The van der Waals surface area contributed by atoms with Gasteiger partial charge in [-0.2, -0.15) is 0 Å². The monoisotopic (exact) mass is 302 g/mol. The Bertz CT molecular complexity index is 697. The Balaban J connectivity index is 1.80. The zero-order chi connectivity index (χ0) is 15.7. The number of carbonyl (C=O) groups is 1. The smallest absolute Gasteiger partial charge is 0.251 e. The van der Waals surface area contributed by atoms with Crippen LogP contribution in [0.1, 0.15) is 43.5 Å². The lowest BCUT2D eigenvalue weighted by atomic mass is 9.85. The minimum absolute atomic E-state index is 0.0204. The molecular weight excluding hydrogens is 280 g/mol. The van der Waals surface area contributed by atoms with E-state index in [9.17, 15) is 9.90 Å². The molecule has 1 aliphatic carbocycles. The topological polar surface area (TPSA) is 80.0 Å². The largest absolute Gasteiger partial charge is 0.396 e. The molecule has 1 amide bonds. The van der Waals surface area contributed by atoms with Crippen LogP contribution in [0, 0.1) is 5.41 Å². The number of rotatable bonds is 4. The van der Waals surface area contributed by atoms with Crippen molar-refractivity contribution < 1.29 is 9.90 Å². The Morgan fingerprint density at radius 2 is 2.36 bits per heavy atom. The van der Waals surface area contributed by atoms with Gasteiger partial charge in [0.15, 0.2) is 0 Å². The lowest BCUT2D eigenvalue weighted by Gasteiger charge is -2.30. The lowest BCUT2D eigenvalue weighted by Crippen LogP contribution is -2.44. The fourth-order valence-electron chi connectivity index (χ4n) is 3.26. The van der Waals surface area contributed by atoms with E-state index in [1.54, 1.807) is 16.8 Å². The van der Waals surface area contributed by atoms with E-state index in [1.807, 2.05) is 19.9 Å². The fraction of sp³-hybridized carbons (Fsp3) is 0.562. The van der Waals surface area contributed by atoms with E-state index in [0.29, 0.717) is 5.56 Å². The first-order valence-electron chi connectivity index (χ1n) is 7.82. The molecule has 2 atom stereocenters. The number of aliphatic hydroxyl groups excluding tert-OH is 1. The molecule has 2 unspecified atom stereocenters. The first-order chi connectivity index (χ1) is 10.6. The summed E-state index contributed by atoms with van der Waals surface area (Å²) in [7, 11) is 0. The van der Waals surface area contributed by atoms with Crippen LogP contribution >= 0.6 is 0 Å². The SMILES string of the molecule is CCn1nnc2cc(C(=O)NC3CCCC3(C)CO)ccc21. The molecule has 1 saturated carbocycles. The maximum Gasteiger partial charge on any atom is 0.251 e. The van der Waals surface area contributed by atoms with Crippen molar-refractivity contribution in [3.63, 3.8) is 0 Å². The third kappa shape index (κ3) is 2.47. The Kier molecular flexibility index (Phi) is 3.87. The summed E-state index contributed by atoms with van der Waals surface area (Å²) in [6.07, 6.45) is 2.89. The van der Waals surface area contributed by atoms with E-state index in [1.165, 1.54) is 0 Å². The highest BCUT2D eigenvalue weighted by atomic mass is 16.3. The van der Waals surface area contributed by atoms with E-state index in [4.69, 9.17) is 0 Å². The van der Waals surface area contributed by atoms with Gasteiger partial charge in [-0.3, -0.25) is 4.79 Å². The molecule has 0 bridgehead atoms. The molecule has 2 aromatic rings. The van der Waals surface area contributed by atoms with Gasteiger partial charge >= 0.3 is 0 Å². The quantitative estimate of drug-likeness (QED) is 0.901. The van der Waals surface area contributed by atoms with E-state index < -0.39 is 0 Å². The van der Waals surface area contributed by atoms with Crippen LogP contribution in [0.25, 0.3) is 11.0 Å². The number of hydrogen-bond acceptors (Lipinski definition) is 4. The molecular formula is C16H22N4O2. The molecule has 1 heterocycles. The second-order valence-corrected chi connectivity index (χ2v) is 6.34. The van der Waals surface area contributed by atoms with Gasteiger partial charge in [0.2, 0.25) is 0 Å². The standard InChI is InChI=1S/C16H22N4O2/c1-3-20-13-7-6-11(9-12(13)18-19-20)15(22)17-14-5-4-8-16(14,2)10-21/h6-7,9,14,21H,3-5,8,10H2,1-2H3,(H,17,22). The molecule has 2 N–H and O–H groups in total. The number of amides is 1. The summed E-state index contributed by atoms with van der Waals surface area (Å²) < 4.78 is 1.80. The lowest BCUT2D eigenvalue weighted by molar-refractivity contribution is 0.0830. The molecule has 22 heavy (non-hydrogen) atoms. The Hall–Kier alpha value is -1.95. The molecule has 1 aromatic carbocycles. The van der Waals surface area contributed by atoms with Crippen molar-refractivity contribution in [2.24, 2.45) is 5.41 Å². The molecule has 1 fully saturated rings. The molecule has 118 valence electrons. The summed E-state index contributed by atoms with van der Waals surface area (Å²) in [4.78, 5) is 12.5. The molecule has 0 spiro atoms. The van der Waals surface area contributed by atoms with Crippen molar-refractivity contribution in [1.82, 2.24) is 20.3 Å². The van der Waals surface area contributed by atoms with Crippen LogP contribution in [-0.2, 0) is 6.54 Å². The molecule has 0 saturated heterocycles. The number of carbonyl (C=O) groups excluding carboxylic acids is 1. The van der Waals surface area contributed by atoms with E-state index in [-0.39, 0.29) is 24.0 Å². The summed E-state index contributed by atoms with van der Waals surface area (Å²) in [5.74, 6) is -0.112. The molecule has 0 aliphatic heterocycles. The van der Waals surface area contributed by atoms with Crippen LogP contribution in [0.15, 0.2) is 18.2 Å². The van der Waals surface area contributed by atoms with Gasteiger partial charge in [-0.1, -0.05) is 18.6 Å². The average molecular weight is 302 g/mol. The molecule has 6 heteroatoms. The summed E-state index contributed by atoms with van der Waals surface area (Å²) in [5.41, 5.74) is 2.03. The fourth-order valence-corrected chi connectivity index (χ4v) is 3.26. The Morgan fingerprint density at radius 1 is 1.55 bits per heavy atom. The van der Waals surface area contributed by atoms with Crippen LogP contribution in [0.5, 0.6) is 0 Å². The van der Waals surface area contributed by atoms with Crippen LogP contribution in [0.2, 0.25) is 0 Å². The number of aryl methyl sites for hydroxylation is 1. The van der Waals surface area contributed by atoms with Gasteiger partial charge in [-0.15, -0.1) is 5.10 Å². The summed E-state index contributed by atoms with van der Waals surface area (Å²) in [6.45, 7) is 4.88. The molecule has 0 radical (unpaired) electrons. The zero-order valence-electron chi connectivity index (χ0n) is 13.0.